The lowest BCUT2D eigenvalue weighted by molar-refractivity contribution is -0.136. The highest BCUT2D eigenvalue weighted by molar-refractivity contribution is 6.30. The number of phenols is 1. The molecule has 2 saturated heterocycles. The quantitative estimate of drug-likeness (QED) is 0.299. The summed E-state index contributed by atoms with van der Waals surface area (Å²) in [6, 6.07) is 17.6. The Balaban J connectivity index is 0.00000442. The second-order valence-electron chi connectivity index (χ2n) is 11.5. The predicted molar refractivity (Wildman–Crippen MR) is 176 cm³/mol. The molecule has 238 valence electrons. The molecule has 2 heterocycles. The highest BCUT2D eigenvalue weighted by Crippen LogP contribution is 2.33. The second kappa shape index (κ2) is 15.9. The zero-order valence-corrected chi connectivity index (χ0v) is 26.8. The summed E-state index contributed by atoms with van der Waals surface area (Å²) in [4.78, 5) is 19.8. The molecule has 10 heteroatoms. The van der Waals surface area contributed by atoms with Gasteiger partial charge in [-0.1, -0.05) is 41.9 Å². The van der Waals surface area contributed by atoms with E-state index in [4.69, 9.17) is 22.1 Å². The first-order valence-corrected chi connectivity index (χ1v) is 15.7. The zero-order valence-electron chi connectivity index (χ0n) is 25.3. The van der Waals surface area contributed by atoms with Gasteiger partial charge in [0.25, 0.3) is 0 Å². The first kappa shape index (κ1) is 34.0. The lowest BCUT2D eigenvalue weighted by Crippen LogP contribution is -2.55. The third-order valence-electron chi connectivity index (χ3n) is 8.83. The van der Waals surface area contributed by atoms with Crippen LogP contribution in [-0.2, 0) is 17.8 Å². The van der Waals surface area contributed by atoms with Gasteiger partial charge in [-0.3, -0.25) is 9.69 Å². The van der Waals surface area contributed by atoms with Crippen LogP contribution in [0.1, 0.15) is 30.9 Å². The van der Waals surface area contributed by atoms with Crippen molar-refractivity contribution in [2.75, 3.05) is 52.4 Å². The van der Waals surface area contributed by atoms with Crippen LogP contribution in [0.15, 0.2) is 60.7 Å². The Kier molecular flexibility index (Phi) is 12.3. The van der Waals surface area contributed by atoms with E-state index in [1.54, 1.807) is 18.2 Å². The molecule has 0 bridgehead atoms. The van der Waals surface area contributed by atoms with Gasteiger partial charge >= 0.3 is 0 Å². The maximum absolute atomic E-state index is 14.5. The van der Waals surface area contributed by atoms with E-state index in [0.717, 1.165) is 55.6 Å². The highest BCUT2D eigenvalue weighted by Gasteiger charge is 2.33. The van der Waals surface area contributed by atoms with Crippen molar-refractivity contribution >= 4 is 29.9 Å². The Morgan fingerprint density at radius 2 is 1.73 bits per heavy atom. The minimum atomic E-state index is -0.509. The number of phenolic OH excluding ortho intramolecular Hbond substituents is 1. The van der Waals surface area contributed by atoms with Crippen LogP contribution in [0.5, 0.6) is 11.5 Å². The molecular weight excluding hydrogens is 602 g/mol. The number of likely N-dealkylation sites (tertiary alicyclic amines) is 1. The Bertz CT molecular complexity index is 1390. The molecule has 3 aromatic rings. The molecule has 2 aliphatic rings. The van der Waals surface area contributed by atoms with E-state index in [-0.39, 0.29) is 35.8 Å². The Morgan fingerprint density at radius 1 is 1.00 bits per heavy atom. The molecule has 5 rings (SSSR count). The zero-order chi connectivity index (χ0) is 30.3. The number of carbonyl (C=O) groups excluding carboxylic acids is 1. The van der Waals surface area contributed by atoms with Crippen molar-refractivity contribution in [3.8, 4) is 22.6 Å². The minimum Gasteiger partial charge on any atom is -0.507 e. The number of nitrogens with two attached hydrogens (primary N) is 1. The molecular formula is C34H43Cl2FN4O3. The second-order valence-corrected chi connectivity index (χ2v) is 12.0. The average molecular weight is 646 g/mol. The third kappa shape index (κ3) is 8.23. The van der Waals surface area contributed by atoms with Crippen molar-refractivity contribution in [1.29, 1.82) is 0 Å². The van der Waals surface area contributed by atoms with E-state index in [1.165, 1.54) is 6.07 Å². The number of amides is 1. The Morgan fingerprint density at radius 3 is 2.43 bits per heavy atom. The number of nitrogens with zero attached hydrogens (tertiary/aromatic N) is 3. The standard InChI is InChI=1S/C34H42ClFN4O3.ClH/c1-2-43-32-9-5-7-30(36)29(32)23-39-18-20-40(21-19-39)34(42)33(37)24-12-15-38(16-13-24)17-14-25-22-26(35)10-11-27(25)28-6-3-4-8-31(28)41;/h3-11,22,24,33,41H,2,12-21,23,37H2,1H3;1H/t33-;/m1./s1. The van der Waals surface area contributed by atoms with Gasteiger partial charge in [0, 0.05) is 55.4 Å². The van der Waals surface area contributed by atoms with Gasteiger partial charge in [0.15, 0.2) is 0 Å². The van der Waals surface area contributed by atoms with Crippen molar-refractivity contribution in [3.05, 3.63) is 82.6 Å². The summed E-state index contributed by atoms with van der Waals surface area (Å²) in [6.45, 7) is 7.98. The molecule has 7 nitrogen and oxygen atoms in total. The van der Waals surface area contributed by atoms with E-state index >= 15 is 0 Å². The van der Waals surface area contributed by atoms with Crippen LogP contribution in [0.2, 0.25) is 5.02 Å². The van der Waals surface area contributed by atoms with Crippen molar-refractivity contribution in [2.45, 2.75) is 38.8 Å². The molecule has 2 aliphatic heterocycles. The van der Waals surface area contributed by atoms with Gasteiger partial charge in [0.1, 0.15) is 17.3 Å². The topological polar surface area (TPSA) is 82.3 Å². The first-order valence-electron chi connectivity index (χ1n) is 15.3. The van der Waals surface area contributed by atoms with Crippen molar-refractivity contribution in [3.63, 3.8) is 0 Å². The molecule has 0 radical (unpaired) electrons. The summed E-state index contributed by atoms with van der Waals surface area (Å²) >= 11 is 6.33. The van der Waals surface area contributed by atoms with Crippen molar-refractivity contribution in [2.24, 2.45) is 11.7 Å². The molecule has 0 spiro atoms. The Hall–Kier alpha value is -2.88. The normalized spacial score (nSPS) is 17.2. The van der Waals surface area contributed by atoms with Gasteiger partial charge < -0.3 is 25.4 Å². The number of piperidine rings is 1. The number of hydrogen-bond donors (Lipinski definition) is 2. The van der Waals surface area contributed by atoms with Crippen LogP contribution in [0, 0.1) is 11.7 Å². The fraction of sp³-hybridized carbons (Fsp3) is 0.441. The van der Waals surface area contributed by atoms with Gasteiger partial charge in [0.2, 0.25) is 5.91 Å². The number of benzene rings is 3. The molecule has 0 aromatic heterocycles. The summed E-state index contributed by atoms with van der Waals surface area (Å²) < 4.78 is 20.1. The molecule has 0 unspecified atom stereocenters. The summed E-state index contributed by atoms with van der Waals surface area (Å²) in [5.41, 5.74) is 10.0. The minimum absolute atomic E-state index is 0. The van der Waals surface area contributed by atoms with Gasteiger partial charge in [-0.25, -0.2) is 4.39 Å². The molecule has 44 heavy (non-hydrogen) atoms. The highest BCUT2D eigenvalue weighted by atomic mass is 35.5. The van der Waals surface area contributed by atoms with E-state index in [9.17, 15) is 14.3 Å². The smallest absolute Gasteiger partial charge is 0.239 e. The number of hydrogen-bond acceptors (Lipinski definition) is 6. The number of ether oxygens (including phenoxy) is 1. The molecule has 1 amide bonds. The number of para-hydroxylation sites is 1. The summed E-state index contributed by atoms with van der Waals surface area (Å²) in [7, 11) is 0. The van der Waals surface area contributed by atoms with Crippen LogP contribution in [0.4, 0.5) is 4.39 Å². The predicted octanol–water partition coefficient (Wildman–Crippen LogP) is 5.60. The van der Waals surface area contributed by atoms with E-state index < -0.39 is 6.04 Å². The number of carbonyl (C=O) groups is 1. The largest absolute Gasteiger partial charge is 0.507 e. The van der Waals surface area contributed by atoms with E-state index in [0.29, 0.717) is 55.7 Å². The summed E-state index contributed by atoms with van der Waals surface area (Å²) in [5, 5.41) is 11.1. The Labute approximate surface area is 271 Å². The number of aromatic hydroxyl groups is 1. The van der Waals surface area contributed by atoms with Crippen LogP contribution >= 0.6 is 24.0 Å². The van der Waals surface area contributed by atoms with Crippen molar-refractivity contribution in [1.82, 2.24) is 14.7 Å². The number of rotatable bonds is 10. The maximum Gasteiger partial charge on any atom is 0.239 e. The molecule has 1 atom stereocenters. The van der Waals surface area contributed by atoms with Crippen molar-refractivity contribution < 1.29 is 19.0 Å². The lowest BCUT2D eigenvalue weighted by Gasteiger charge is -2.39. The SMILES string of the molecule is CCOc1cccc(F)c1CN1CCN(C(=O)[C@H](N)C2CCN(CCc3cc(Cl)ccc3-c3ccccc3O)CC2)CC1.Cl. The molecule has 0 saturated carbocycles. The molecule has 2 fully saturated rings. The van der Waals surface area contributed by atoms with Gasteiger partial charge in [-0.15, -0.1) is 12.4 Å². The molecule has 3 aromatic carbocycles. The van der Waals surface area contributed by atoms with Gasteiger partial charge in [-0.05, 0) is 86.7 Å². The lowest BCUT2D eigenvalue weighted by atomic mass is 9.88. The van der Waals surface area contributed by atoms with Crippen LogP contribution in [0.3, 0.4) is 0 Å². The molecule has 0 aliphatic carbocycles. The molecule has 3 N–H and O–H groups in total. The fourth-order valence-electron chi connectivity index (χ4n) is 6.29. The van der Waals surface area contributed by atoms with Gasteiger partial charge in [0.05, 0.1) is 12.6 Å². The monoisotopic (exact) mass is 644 g/mol. The van der Waals surface area contributed by atoms with E-state index in [1.807, 2.05) is 48.2 Å². The summed E-state index contributed by atoms with van der Waals surface area (Å²) in [5.74, 6) is 0.745. The number of halogens is 3. The van der Waals surface area contributed by atoms with E-state index in [2.05, 4.69) is 9.80 Å². The fourth-order valence-corrected chi connectivity index (χ4v) is 6.49. The third-order valence-corrected chi connectivity index (χ3v) is 9.06. The van der Waals surface area contributed by atoms with Crippen LogP contribution in [0.25, 0.3) is 11.1 Å². The van der Waals surface area contributed by atoms with Crippen LogP contribution in [-0.4, -0.2) is 84.2 Å². The van der Waals surface area contributed by atoms with Gasteiger partial charge in [-0.2, -0.15) is 0 Å². The summed E-state index contributed by atoms with van der Waals surface area (Å²) in [6.07, 6.45) is 2.56. The average Bonchev–Trinajstić information content (AvgIpc) is 3.02. The number of piperazine rings is 1. The first-order chi connectivity index (χ1) is 20.8. The maximum atomic E-state index is 14.5. The van der Waals surface area contributed by atoms with Crippen LogP contribution < -0.4 is 10.5 Å².